The van der Waals surface area contributed by atoms with Crippen molar-refractivity contribution in [3.63, 3.8) is 0 Å². The van der Waals surface area contributed by atoms with Crippen molar-refractivity contribution in [2.75, 3.05) is 20.3 Å². The molecule has 2 heterocycles. The van der Waals surface area contributed by atoms with E-state index in [0.29, 0.717) is 25.0 Å². The van der Waals surface area contributed by atoms with Crippen LogP contribution in [0.1, 0.15) is 61.2 Å². The number of hydrogen-bond acceptors (Lipinski definition) is 10. The molecule has 2 unspecified atom stereocenters. The minimum atomic E-state index is -0.935. The summed E-state index contributed by atoms with van der Waals surface area (Å²) in [7, 11) is 1.13. The van der Waals surface area contributed by atoms with Gasteiger partial charge in [0.05, 0.1) is 41.8 Å². The summed E-state index contributed by atoms with van der Waals surface area (Å²) in [5.74, 6) is -4.18. The van der Waals surface area contributed by atoms with Gasteiger partial charge >= 0.3 is 5.97 Å². The minimum absolute atomic E-state index is 0.0144. The van der Waals surface area contributed by atoms with Gasteiger partial charge in [0.1, 0.15) is 22.8 Å². The number of rotatable bonds is 6. The summed E-state index contributed by atoms with van der Waals surface area (Å²) in [6.07, 6.45) is 1.04. The van der Waals surface area contributed by atoms with Crippen LogP contribution in [-0.4, -0.2) is 64.5 Å². The molecule has 1 amide bonds. The molecule has 1 aliphatic heterocycles. The maximum atomic E-state index is 13.8. The number of furan rings is 1. The topological polar surface area (TPSA) is 176 Å². The van der Waals surface area contributed by atoms with Gasteiger partial charge in [-0.05, 0) is 61.4 Å². The Balaban J connectivity index is 1.58. The number of carbonyl (C=O) groups excluding carboxylic acids is 3. The fourth-order valence-electron chi connectivity index (χ4n) is 5.10. The van der Waals surface area contributed by atoms with Gasteiger partial charge in [0.15, 0.2) is 11.5 Å². The van der Waals surface area contributed by atoms with Crippen LogP contribution in [0.2, 0.25) is 0 Å². The zero-order valence-electron chi connectivity index (χ0n) is 21.9. The van der Waals surface area contributed by atoms with E-state index in [9.17, 15) is 34.8 Å². The Kier molecular flexibility index (Phi) is 7.54. The molecule has 3 aromatic carbocycles. The number of aromatic hydroxyl groups is 4. The van der Waals surface area contributed by atoms with Crippen LogP contribution in [0.25, 0.3) is 11.0 Å². The van der Waals surface area contributed by atoms with Crippen LogP contribution in [-0.2, 0) is 9.47 Å². The zero-order valence-corrected chi connectivity index (χ0v) is 21.9. The van der Waals surface area contributed by atoms with E-state index < -0.39 is 52.4 Å². The van der Waals surface area contributed by atoms with Gasteiger partial charge in [0.2, 0.25) is 5.78 Å². The summed E-state index contributed by atoms with van der Waals surface area (Å²) in [6, 6.07) is 11.6. The van der Waals surface area contributed by atoms with E-state index in [1.807, 2.05) is 0 Å². The van der Waals surface area contributed by atoms with Gasteiger partial charge in [-0.25, -0.2) is 4.79 Å². The molecule has 4 aromatic rings. The third kappa shape index (κ3) is 5.14. The molecule has 212 valence electrons. The molecular weight excluding hydrogens is 534 g/mol. The monoisotopic (exact) mass is 561 g/mol. The van der Waals surface area contributed by atoms with Crippen LogP contribution >= 0.6 is 0 Å². The number of phenols is 3. The third-order valence-corrected chi connectivity index (χ3v) is 7.11. The van der Waals surface area contributed by atoms with E-state index in [2.05, 4.69) is 5.32 Å². The van der Waals surface area contributed by atoms with Crippen LogP contribution in [0.15, 0.2) is 59.0 Å². The van der Waals surface area contributed by atoms with Crippen molar-refractivity contribution in [3.05, 3.63) is 82.6 Å². The van der Waals surface area contributed by atoms with Crippen molar-refractivity contribution in [1.29, 1.82) is 0 Å². The predicted octanol–water partition coefficient (Wildman–Crippen LogP) is 3.97. The molecule has 1 saturated heterocycles. The second kappa shape index (κ2) is 11.2. The number of nitrogens with one attached hydrogen (secondary N) is 1. The van der Waals surface area contributed by atoms with Crippen molar-refractivity contribution < 1.29 is 48.7 Å². The fraction of sp³-hybridized carbons (Fsp3) is 0.233. The van der Waals surface area contributed by atoms with Crippen LogP contribution < -0.4 is 5.32 Å². The van der Waals surface area contributed by atoms with Crippen molar-refractivity contribution in [2.24, 2.45) is 0 Å². The Hall–Kier alpha value is -5.03. The molecule has 0 aliphatic carbocycles. The number of amides is 1. The first-order valence-corrected chi connectivity index (χ1v) is 12.8. The van der Waals surface area contributed by atoms with E-state index in [1.54, 1.807) is 0 Å². The van der Waals surface area contributed by atoms with Crippen LogP contribution in [0.4, 0.5) is 0 Å². The second-order valence-corrected chi connectivity index (χ2v) is 9.62. The highest BCUT2D eigenvalue weighted by molar-refractivity contribution is 6.23. The summed E-state index contributed by atoms with van der Waals surface area (Å²) in [4.78, 5) is 39.1. The predicted molar refractivity (Wildman–Crippen MR) is 145 cm³/mol. The lowest BCUT2D eigenvalue weighted by Crippen LogP contribution is -2.41. The molecule has 0 radical (unpaired) electrons. The number of phenolic OH excluding ortho intramolecular Hbond substituents is 3. The van der Waals surface area contributed by atoms with Crippen molar-refractivity contribution in [1.82, 2.24) is 5.32 Å². The molecule has 5 N–H and O–H groups in total. The molecule has 11 nitrogen and oxygen atoms in total. The highest BCUT2D eigenvalue weighted by Gasteiger charge is 2.35. The summed E-state index contributed by atoms with van der Waals surface area (Å²) in [5.41, 5.74) is -0.638. The van der Waals surface area contributed by atoms with E-state index in [4.69, 9.17) is 13.9 Å². The average molecular weight is 562 g/mol. The van der Waals surface area contributed by atoms with Crippen molar-refractivity contribution in [3.8, 4) is 23.0 Å². The molecule has 0 spiro atoms. The molecule has 2 atom stereocenters. The number of esters is 1. The summed E-state index contributed by atoms with van der Waals surface area (Å²) in [5, 5.41) is 45.0. The van der Waals surface area contributed by atoms with E-state index in [-0.39, 0.29) is 40.2 Å². The standard InChI is InChI=1S/C30H27NO10/c1-39-30(38)18-4-2-6-20(33)23(18)26(35)24-21(34)11-12-22-25(24)27(36)28(41-22)17-5-3-13-40-14-19(17)31-29(37)15-7-9-16(32)10-8-15/h2,4,6-12,17,19,32-34,36H,3,5,13-14H2,1H3,(H,31,37). The number of hydrogen-bond donors (Lipinski definition) is 5. The number of methoxy groups -OCH3 is 1. The Morgan fingerprint density at radius 3 is 2.39 bits per heavy atom. The summed E-state index contributed by atoms with van der Waals surface area (Å²) in [6.45, 7) is 0.527. The lowest BCUT2D eigenvalue weighted by atomic mass is 9.90. The number of ketones is 1. The number of ether oxygens (including phenoxy) is 2. The maximum Gasteiger partial charge on any atom is 0.338 e. The average Bonchev–Trinajstić information content (AvgIpc) is 3.12. The minimum Gasteiger partial charge on any atom is -0.508 e. The second-order valence-electron chi connectivity index (χ2n) is 9.62. The Morgan fingerprint density at radius 1 is 0.927 bits per heavy atom. The van der Waals surface area contributed by atoms with Gasteiger partial charge in [-0.1, -0.05) is 6.07 Å². The third-order valence-electron chi connectivity index (χ3n) is 7.11. The highest BCUT2D eigenvalue weighted by Crippen LogP contribution is 2.45. The number of fused-ring (bicyclic) bond motifs is 1. The Labute approximate surface area is 233 Å². The molecule has 1 aliphatic rings. The SMILES string of the molecule is COC(=O)c1cccc(O)c1C(=O)c1c(O)ccc2oc(C3CCCOCC3NC(=O)c3ccc(O)cc3)c(O)c12. The van der Waals surface area contributed by atoms with E-state index in [0.717, 1.165) is 7.11 Å². The maximum absolute atomic E-state index is 13.8. The fourth-order valence-corrected chi connectivity index (χ4v) is 5.10. The molecule has 0 saturated carbocycles. The summed E-state index contributed by atoms with van der Waals surface area (Å²) >= 11 is 0. The van der Waals surface area contributed by atoms with Crippen LogP contribution in [0.3, 0.4) is 0 Å². The lowest BCUT2D eigenvalue weighted by molar-refractivity contribution is 0.0596. The van der Waals surface area contributed by atoms with Crippen molar-refractivity contribution in [2.45, 2.75) is 24.8 Å². The smallest absolute Gasteiger partial charge is 0.338 e. The van der Waals surface area contributed by atoms with Crippen LogP contribution in [0.5, 0.6) is 23.0 Å². The van der Waals surface area contributed by atoms with Gasteiger partial charge in [-0.3, -0.25) is 9.59 Å². The molecule has 1 fully saturated rings. The normalized spacial score (nSPS) is 17.1. The first-order valence-electron chi connectivity index (χ1n) is 12.8. The molecular formula is C30H27NO10. The first kappa shape index (κ1) is 27.5. The van der Waals surface area contributed by atoms with Gasteiger partial charge in [-0.15, -0.1) is 0 Å². The van der Waals surface area contributed by atoms with Crippen LogP contribution in [0, 0.1) is 0 Å². The first-order chi connectivity index (χ1) is 19.7. The zero-order chi connectivity index (χ0) is 29.3. The largest absolute Gasteiger partial charge is 0.508 e. The number of carbonyl (C=O) groups is 3. The lowest BCUT2D eigenvalue weighted by Gasteiger charge is -2.24. The molecule has 0 bridgehead atoms. The van der Waals surface area contributed by atoms with Gasteiger partial charge in [-0.2, -0.15) is 0 Å². The van der Waals surface area contributed by atoms with Gasteiger partial charge in [0.25, 0.3) is 5.91 Å². The van der Waals surface area contributed by atoms with E-state index in [1.165, 1.54) is 54.6 Å². The number of benzene rings is 3. The van der Waals surface area contributed by atoms with Gasteiger partial charge < -0.3 is 39.6 Å². The Bertz CT molecular complexity index is 1640. The molecule has 11 heteroatoms. The highest BCUT2D eigenvalue weighted by atomic mass is 16.5. The molecule has 5 rings (SSSR count). The van der Waals surface area contributed by atoms with E-state index >= 15 is 0 Å². The Morgan fingerprint density at radius 2 is 1.66 bits per heavy atom. The molecule has 41 heavy (non-hydrogen) atoms. The molecule has 1 aromatic heterocycles. The quantitative estimate of drug-likeness (QED) is 0.171. The van der Waals surface area contributed by atoms with Gasteiger partial charge in [0, 0.05) is 18.1 Å². The van der Waals surface area contributed by atoms with Crippen molar-refractivity contribution >= 4 is 28.6 Å². The summed E-state index contributed by atoms with van der Waals surface area (Å²) < 4.78 is 16.5.